The summed E-state index contributed by atoms with van der Waals surface area (Å²) in [5.74, 6) is 0.125. The Kier molecular flexibility index (Phi) is 4.22. The first-order valence-electron chi connectivity index (χ1n) is 6.34. The van der Waals surface area contributed by atoms with Crippen molar-refractivity contribution in [3.05, 3.63) is 51.7 Å². The molecule has 2 aromatic rings. The average molecular weight is 273 g/mol. The van der Waals surface area contributed by atoms with Crippen LogP contribution in [-0.4, -0.2) is 12.4 Å². The monoisotopic (exact) mass is 273 g/mol. The lowest BCUT2D eigenvalue weighted by Crippen LogP contribution is -2.25. The third kappa shape index (κ3) is 3.15. The van der Waals surface area contributed by atoms with Crippen LogP contribution in [0.5, 0.6) is 0 Å². The summed E-state index contributed by atoms with van der Waals surface area (Å²) in [7, 11) is 0. The Bertz CT molecular complexity index is 561. The number of benzene rings is 1. The van der Waals surface area contributed by atoms with Crippen molar-refractivity contribution >= 4 is 22.9 Å². The van der Waals surface area contributed by atoms with E-state index in [1.165, 1.54) is 10.4 Å². The Morgan fingerprint density at radius 1 is 1.37 bits per heavy atom. The number of hydrogen-bond acceptors (Lipinski definition) is 3. The van der Waals surface area contributed by atoms with Gasteiger partial charge in [0.1, 0.15) is 5.84 Å². The maximum Gasteiger partial charge on any atom is 0.124 e. The Morgan fingerprint density at radius 2 is 2.16 bits per heavy atom. The predicted octanol–water partition coefficient (Wildman–Crippen LogP) is 3.37. The molecule has 0 aliphatic heterocycles. The molecule has 0 amide bonds. The number of anilines is 1. The minimum absolute atomic E-state index is 0.125. The first-order chi connectivity index (χ1) is 9.11. The van der Waals surface area contributed by atoms with Gasteiger partial charge in [0, 0.05) is 22.7 Å². The van der Waals surface area contributed by atoms with Crippen LogP contribution >= 0.6 is 11.3 Å². The molecule has 100 valence electrons. The van der Waals surface area contributed by atoms with Gasteiger partial charge in [0.25, 0.3) is 0 Å². The second kappa shape index (κ2) is 5.89. The third-order valence-corrected chi connectivity index (χ3v) is 3.95. The van der Waals surface area contributed by atoms with Crippen LogP contribution in [0.2, 0.25) is 0 Å². The highest BCUT2D eigenvalue weighted by molar-refractivity contribution is 7.09. The number of nitrogens with one attached hydrogen (secondary N) is 1. The smallest absolute Gasteiger partial charge is 0.124 e. The summed E-state index contributed by atoms with van der Waals surface area (Å²) in [6.07, 6.45) is 0. The molecule has 0 unspecified atom stereocenters. The SMILES string of the molecule is CCN(Cc1cccs1)c1cc(C)ccc1C(=N)N. The summed E-state index contributed by atoms with van der Waals surface area (Å²) >= 11 is 1.75. The first kappa shape index (κ1) is 13.6. The fraction of sp³-hybridized carbons (Fsp3) is 0.267. The van der Waals surface area contributed by atoms with Crippen molar-refractivity contribution in [1.82, 2.24) is 0 Å². The Balaban J connectivity index is 2.36. The number of thiophene rings is 1. The van der Waals surface area contributed by atoms with Crippen molar-refractivity contribution in [3.8, 4) is 0 Å². The van der Waals surface area contributed by atoms with E-state index in [-0.39, 0.29) is 5.84 Å². The Labute approximate surface area is 118 Å². The molecule has 0 aliphatic rings. The van der Waals surface area contributed by atoms with Gasteiger partial charge in [0.05, 0.1) is 6.54 Å². The molecule has 0 aliphatic carbocycles. The normalized spacial score (nSPS) is 10.4. The van der Waals surface area contributed by atoms with Gasteiger partial charge in [-0.15, -0.1) is 11.3 Å². The van der Waals surface area contributed by atoms with Crippen molar-refractivity contribution in [3.63, 3.8) is 0 Å². The van der Waals surface area contributed by atoms with E-state index in [0.29, 0.717) is 0 Å². The van der Waals surface area contributed by atoms with Gasteiger partial charge < -0.3 is 10.6 Å². The lowest BCUT2D eigenvalue weighted by Gasteiger charge is -2.25. The van der Waals surface area contributed by atoms with Gasteiger partial charge in [-0.25, -0.2) is 0 Å². The van der Waals surface area contributed by atoms with E-state index in [2.05, 4.69) is 42.3 Å². The van der Waals surface area contributed by atoms with Gasteiger partial charge >= 0.3 is 0 Å². The fourth-order valence-corrected chi connectivity index (χ4v) is 2.81. The van der Waals surface area contributed by atoms with E-state index in [9.17, 15) is 0 Å². The number of nitrogens with zero attached hydrogens (tertiary/aromatic N) is 1. The third-order valence-electron chi connectivity index (χ3n) is 3.09. The van der Waals surface area contributed by atoms with Crippen molar-refractivity contribution in [2.45, 2.75) is 20.4 Å². The molecule has 4 heteroatoms. The molecule has 0 radical (unpaired) electrons. The topological polar surface area (TPSA) is 53.1 Å². The van der Waals surface area contributed by atoms with E-state index in [1.807, 2.05) is 12.1 Å². The molecule has 0 atom stereocenters. The molecule has 0 saturated heterocycles. The van der Waals surface area contributed by atoms with Gasteiger partial charge in [-0.1, -0.05) is 12.1 Å². The van der Waals surface area contributed by atoms with E-state index >= 15 is 0 Å². The van der Waals surface area contributed by atoms with Crippen LogP contribution in [-0.2, 0) is 6.54 Å². The predicted molar refractivity (Wildman–Crippen MR) is 83.2 cm³/mol. The van der Waals surface area contributed by atoms with Crippen LogP contribution in [0.15, 0.2) is 35.7 Å². The number of nitrogens with two attached hydrogens (primary N) is 1. The molecule has 3 nitrogen and oxygen atoms in total. The van der Waals surface area contributed by atoms with E-state index in [0.717, 1.165) is 24.3 Å². The standard InChI is InChI=1S/C15H19N3S/c1-3-18(10-12-5-4-8-19-12)14-9-11(2)6-7-13(14)15(16)17/h4-9H,3,10H2,1-2H3,(H3,16,17). The zero-order chi connectivity index (χ0) is 13.8. The molecule has 0 fully saturated rings. The van der Waals surface area contributed by atoms with Crippen LogP contribution in [0.25, 0.3) is 0 Å². The Hall–Kier alpha value is -1.81. The number of aryl methyl sites for hydroxylation is 1. The van der Waals surface area contributed by atoms with Gasteiger partial charge in [0.2, 0.25) is 0 Å². The lowest BCUT2D eigenvalue weighted by atomic mass is 10.1. The van der Waals surface area contributed by atoms with Crippen LogP contribution in [0.4, 0.5) is 5.69 Å². The fourth-order valence-electron chi connectivity index (χ4n) is 2.09. The molecule has 0 saturated carbocycles. The lowest BCUT2D eigenvalue weighted by molar-refractivity contribution is 0.840. The van der Waals surface area contributed by atoms with E-state index in [1.54, 1.807) is 11.3 Å². The van der Waals surface area contributed by atoms with Crippen molar-refractivity contribution in [1.29, 1.82) is 5.41 Å². The molecular weight excluding hydrogens is 254 g/mol. The maximum absolute atomic E-state index is 7.72. The maximum atomic E-state index is 7.72. The number of nitrogen functional groups attached to an aromatic ring is 1. The number of rotatable bonds is 5. The summed E-state index contributed by atoms with van der Waals surface area (Å²) in [6, 6.07) is 10.2. The van der Waals surface area contributed by atoms with E-state index in [4.69, 9.17) is 11.1 Å². The zero-order valence-electron chi connectivity index (χ0n) is 11.3. The minimum atomic E-state index is 0.125. The summed E-state index contributed by atoms with van der Waals surface area (Å²) in [5.41, 5.74) is 8.73. The molecule has 2 rings (SSSR count). The summed E-state index contributed by atoms with van der Waals surface area (Å²) < 4.78 is 0. The number of hydrogen-bond donors (Lipinski definition) is 2. The summed E-state index contributed by atoms with van der Waals surface area (Å²) in [6.45, 7) is 5.94. The molecule has 1 aromatic carbocycles. The molecular formula is C15H19N3S. The van der Waals surface area contributed by atoms with Crippen molar-refractivity contribution in [2.24, 2.45) is 5.73 Å². The van der Waals surface area contributed by atoms with E-state index < -0.39 is 0 Å². The average Bonchev–Trinajstić information content (AvgIpc) is 2.88. The van der Waals surface area contributed by atoms with Gasteiger partial charge in [-0.3, -0.25) is 5.41 Å². The highest BCUT2D eigenvalue weighted by Gasteiger charge is 2.13. The Morgan fingerprint density at radius 3 is 2.74 bits per heavy atom. The molecule has 3 N–H and O–H groups in total. The van der Waals surface area contributed by atoms with Crippen LogP contribution in [0.3, 0.4) is 0 Å². The van der Waals surface area contributed by atoms with Crippen LogP contribution in [0.1, 0.15) is 22.9 Å². The summed E-state index contributed by atoms with van der Waals surface area (Å²) in [5, 5.41) is 9.81. The molecule has 19 heavy (non-hydrogen) atoms. The molecule has 0 bridgehead atoms. The van der Waals surface area contributed by atoms with Gasteiger partial charge in [-0.05, 0) is 43.0 Å². The quantitative estimate of drug-likeness (QED) is 0.648. The van der Waals surface area contributed by atoms with Crippen LogP contribution < -0.4 is 10.6 Å². The second-order valence-electron chi connectivity index (χ2n) is 4.53. The van der Waals surface area contributed by atoms with Crippen molar-refractivity contribution in [2.75, 3.05) is 11.4 Å². The largest absolute Gasteiger partial charge is 0.384 e. The first-order valence-corrected chi connectivity index (χ1v) is 7.22. The van der Waals surface area contributed by atoms with Gasteiger partial charge in [-0.2, -0.15) is 0 Å². The number of amidine groups is 1. The minimum Gasteiger partial charge on any atom is -0.384 e. The highest BCUT2D eigenvalue weighted by atomic mass is 32.1. The highest BCUT2D eigenvalue weighted by Crippen LogP contribution is 2.24. The zero-order valence-corrected chi connectivity index (χ0v) is 12.1. The van der Waals surface area contributed by atoms with Crippen LogP contribution in [0, 0.1) is 12.3 Å². The van der Waals surface area contributed by atoms with Crippen molar-refractivity contribution < 1.29 is 0 Å². The molecule has 1 heterocycles. The summed E-state index contributed by atoms with van der Waals surface area (Å²) in [4.78, 5) is 3.58. The van der Waals surface area contributed by atoms with Gasteiger partial charge in [0.15, 0.2) is 0 Å². The molecule has 0 spiro atoms. The second-order valence-corrected chi connectivity index (χ2v) is 5.56. The molecule has 1 aromatic heterocycles.